The zero-order valence-electron chi connectivity index (χ0n) is 19.9. The Bertz CT molecular complexity index is 891. The van der Waals surface area contributed by atoms with Gasteiger partial charge in [0.15, 0.2) is 0 Å². The minimum atomic E-state index is -1.73. The van der Waals surface area contributed by atoms with E-state index in [2.05, 4.69) is 16.0 Å². The van der Waals surface area contributed by atoms with Crippen LogP contribution >= 0.6 is 0 Å². The fraction of sp³-hybridized carbons (Fsp3) is 0.522. The fourth-order valence-corrected chi connectivity index (χ4v) is 3.25. The van der Waals surface area contributed by atoms with E-state index in [1.807, 2.05) is 13.8 Å². The van der Waals surface area contributed by atoms with E-state index in [0.717, 1.165) is 0 Å². The van der Waals surface area contributed by atoms with Crippen LogP contribution in [0, 0.1) is 5.92 Å². The number of aliphatic hydroxyl groups is 1. The van der Waals surface area contributed by atoms with Gasteiger partial charge >= 0.3 is 11.9 Å². The molecule has 1 rings (SSSR count). The highest BCUT2D eigenvalue weighted by molar-refractivity contribution is 5.95. The summed E-state index contributed by atoms with van der Waals surface area (Å²) in [5, 5.41) is 35.2. The molecule has 1 aromatic rings. The molecule has 5 atom stereocenters. The Kier molecular flexibility index (Phi) is 11.8. The van der Waals surface area contributed by atoms with Crippen molar-refractivity contribution in [2.24, 2.45) is 11.7 Å². The highest BCUT2D eigenvalue weighted by Crippen LogP contribution is 2.07. The van der Waals surface area contributed by atoms with E-state index in [4.69, 9.17) is 10.8 Å². The van der Waals surface area contributed by atoms with E-state index < -0.39 is 66.4 Å². The quantitative estimate of drug-likeness (QED) is 0.169. The van der Waals surface area contributed by atoms with Gasteiger partial charge in [0, 0.05) is 6.42 Å². The average molecular weight is 495 g/mol. The van der Waals surface area contributed by atoms with Crippen molar-refractivity contribution in [2.45, 2.75) is 70.3 Å². The summed E-state index contributed by atoms with van der Waals surface area (Å²) in [5.41, 5.74) is 6.47. The molecule has 0 saturated carbocycles. The molecule has 0 aliphatic rings. The third kappa shape index (κ3) is 10.5. The number of carbonyl (C=O) groups is 5. The van der Waals surface area contributed by atoms with Crippen LogP contribution in [0.25, 0.3) is 0 Å². The second-order valence-electron chi connectivity index (χ2n) is 8.71. The van der Waals surface area contributed by atoms with Crippen molar-refractivity contribution < 1.29 is 39.3 Å². The van der Waals surface area contributed by atoms with E-state index in [-0.39, 0.29) is 12.3 Å². The molecule has 8 N–H and O–H groups in total. The lowest BCUT2D eigenvalue weighted by atomic mass is 10.0. The molecule has 1 aromatic carbocycles. The summed E-state index contributed by atoms with van der Waals surface area (Å²) in [5.74, 6) is -5.37. The van der Waals surface area contributed by atoms with Crippen molar-refractivity contribution in [1.82, 2.24) is 16.0 Å². The average Bonchev–Trinajstić information content (AvgIpc) is 2.75. The number of nitrogens with one attached hydrogen (secondary N) is 3. The number of carboxylic acid groups (broad SMARTS) is 2. The summed E-state index contributed by atoms with van der Waals surface area (Å²) >= 11 is 0. The van der Waals surface area contributed by atoms with Crippen LogP contribution in [0.4, 0.5) is 0 Å². The smallest absolute Gasteiger partial charge is 0.326 e. The number of aliphatic hydroxyl groups excluding tert-OH is 1. The maximum absolute atomic E-state index is 13.0. The molecule has 194 valence electrons. The predicted molar refractivity (Wildman–Crippen MR) is 125 cm³/mol. The molecule has 0 fully saturated rings. The summed E-state index contributed by atoms with van der Waals surface area (Å²) in [4.78, 5) is 60.6. The van der Waals surface area contributed by atoms with Crippen LogP contribution in [-0.2, 0) is 30.4 Å². The SMILES string of the molecule is CC(C)CC(N)C(=O)NC(C(=O)NC(Cc1ccccc1)C(=O)NC(CC(=O)O)C(=O)O)C(C)O. The zero-order chi connectivity index (χ0) is 26.7. The van der Waals surface area contributed by atoms with Gasteiger partial charge in [-0.1, -0.05) is 44.2 Å². The van der Waals surface area contributed by atoms with Crippen LogP contribution in [0.15, 0.2) is 30.3 Å². The first kappa shape index (κ1) is 29.5. The lowest BCUT2D eigenvalue weighted by Gasteiger charge is -2.26. The van der Waals surface area contributed by atoms with Crippen LogP contribution < -0.4 is 21.7 Å². The molecule has 0 spiro atoms. The molecule has 0 saturated heterocycles. The summed E-state index contributed by atoms with van der Waals surface area (Å²) in [6, 6.07) is 3.08. The second kappa shape index (κ2) is 14.0. The lowest BCUT2D eigenvalue weighted by molar-refractivity contribution is -0.147. The van der Waals surface area contributed by atoms with Gasteiger partial charge in [-0.05, 0) is 24.8 Å². The number of nitrogens with two attached hydrogens (primary N) is 1. The number of hydrogen-bond acceptors (Lipinski definition) is 7. The molecule has 3 amide bonds. The third-order valence-corrected chi connectivity index (χ3v) is 5.03. The van der Waals surface area contributed by atoms with Gasteiger partial charge in [0.2, 0.25) is 17.7 Å². The molecule has 0 aromatic heterocycles. The molecule has 0 heterocycles. The fourth-order valence-electron chi connectivity index (χ4n) is 3.25. The second-order valence-corrected chi connectivity index (χ2v) is 8.71. The molecule has 12 nitrogen and oxygen atoms in total. The van der Waals surface area contributed by atoms with Crippen molar-refractivity contribution in [2.75, 3.05) is 0 Å². The Labute approximate surface area is 203 Å². The highest BCUT2D eigenvalue weighted by Gasteiger charge is 2.33. The monoisotopic (exact) mass is 494 g/mol. The Hall–Kier alpha value is -3.51. The standard InChI is InChI=1S/C23H34N4O8/c1-12(2)9-15(24)20(31)27-19(13(3)28)22(33)25-16(10-14-7-5-4-6-8-14)21(32)26-17(23(34)35)11-18(29)30/h4-8,12-13,15-17,19,28H,9-11,24H2,1-3H3,(H,25,33)(H,26,32)(H,27,31)(H,29,30)(H,34,35). The van der Waals surface area contributed by atoms with E-state index in [1.54, 1.807) is 30.3 Å². The van der Waals surface area contributed by atoms with Gasteiger partial charge in [-0.25, -0.2) is 4.79 Å². The van der Waals surface area contributed by atoms with Gasteiger partial charge in [-0.2, -0.15) is 0 Å². The van der Waals surface area contributed by atoms with E-state index in [1.165, 1.54) is 6.92 Å². The van der Waals surface area contributed by atoms with Crippen LogP contribution in [0.3, 0.4) is 0 Å². The Morgan fingerprint density at radius 1 is 0.857 bits per heavy atom. The number of aliphatic carboxylic acids is 2. The number of amides is 3. The maximum atomic E-state index is 13.0. The van der Waals surface area contributed by atoms with Crippen molar-refractivity contribution in [3.8, 4) is 0 Å². The summed E-state index contributed by atoms with van der Waals surface area (Å²) in [7, 11) is 0. The van der Waals surface area contributed by atoms with Crippen molar-refractivity contribution in [3.63, 3.8) is 0 Å². The molecular formula is C23H34N4O8. The number of hydrogen-bond donors (Lipinski definition) is 7. The van der Waals surface area contributed by atoms with Crippen LogP contribution in [0.1, 0.15) is 39.2 Å². The Balaban J connectivity index is 3.09. The van der Waals surface area contributed by atoms with Gasteiger partial charge in [-0.3, -0.25) is 19.2 Å². The summed E-state index contributed by atoms with van der Waals surface area (Å²) in [6.07, 6.45) is -1.93. The maximum Gasteiger partial charge on any atom is 0.326 e. The van der Waals surface area contributed by atoms with Gasteiger partial charge in [0.1, 0.15) is 18.1 Å². The van der Waals surface area contributed by atoms with Crippen molar-refractivity contribution in [3.05, 3.63) is 35.9 Å². The number of rotatable bonds is 14. The van der Waals surface area contributed by atoms with Crippen molar-refractivity contribution >= 4 is 29.7 Å². The minimum absolute atomic E-state index is 0.0643. The lowest BCUT2D eigenvalue weighted by Crippen LogP contribution is -2.60. The first-order valence-electron chi connectivity index (χ1n) is 11.1. The van der Waals surface area contributed by atoms with Crippen LogP contribution in [0.2, 0.25) is 0 Å². The Morgan fingerprint density at radius 3 is 1.91 bits per heavy atom. The molecule has 0 radical (unpaired) electrons. The van der Waals surface area contributed by atoms with E-state index >= 15 is 0 Å². The molecule has 5 unspecified atom stereocenters. The van der Waals surface area contributed by atoms with Gasteiger partial charge in [-0.15, -0.1) is 0 Å². The molecule has 0 aliphatic heterocycles. The number of carboxylic acids is 2. The topological polar surface area (TPSA) is 208 Å². The first-order chi connectivity index (χ1) is 16.3. The largest absolute Gasteiger partial charge is 0.481 e. The van der Waals surface area contributed by atoms with Gasteiger partial charge in [0.05, 0.1) is 18.6 Å². The van der Waals surface area contributed by atoms with E-state index in [0.29, 0.717) is 12.0 Å². The highest BCUT2D eigenvalue weighted by atomic mass is 16.4. The number of carbonyl (C=O) groups excluding carboxylic acids is 3. The van der Waals surface area contributed by atoms with Crippen molar-refractivity contribution in [1.29, 1.82) is 0 Å². The van der Waals surface area contributed by atoms with Gasteiger partial charge in [0.25, 0.3) is 0 Å². The predicted octanol–water partition coefficient (Wildman–Crippen LogP) is -1.00. The molecule has 35 heavy (non-hydrogen) atoms. The first-order valence-corrected chi connectivity index (χ1v) is 11.1. The number of benzene rings is 1. The Morgan fingerprint density at radius 2 is 1.43 bits per heavy atom. The molecule has 12 heteroatoms. The summed E-state index contributed by atoms with van der Waals surface area (Å²) < 4.78 is 0. The summed E-state index contributed by atoms with van der Waals surface area (Å²) in [6.45, 7) is 5.01. The third-order valence-electron chi connectivity index (χ3n) is 5.03. The van der Waals surface area contributed by atoms with Crippen LogP contribution in [-0.4, -0.2) is 75.3 Å². The minimum Gasteiger partial charge on any atom is -0.481 e. The van der Waals surface area contributed by atoms with Gasteiger partial charge < -0.3 is 37.0 Å². The van der Waals surface area contributed by atoms with Crippen LogP contribution in [0.5, 0.6) is 0 Å². The van der Waals surface area contributed by atoms with E-state index in [9.17, 15) is 34.2 Å². The molecule has 0 bridgehead atoms. The normalized spacial score (nSPS) is 15.3. The molecule has 0 aliphatic carbocycles. The molecular weight excluding hydrogens is 460 g/mol. The zero-order valence-corrected chi connectivity index (χ0v) is 19.9.